The van der Waals surface area contributed by atoms with Gasteiger partial charge >= 0.3 is 6.03 Å². The fourth-order valence-corrected chi connectivity index (χ4v) is 4.67. The van der Waals surface area contributed by atoms with Gasteiger partial charge in [-0.2, -0.15) is 0 Å². The molecule has 2 fully saturated rings. The quantitative estimate of drug-likeness (QED) is 0.804. The summed E-state index contributed by atoms with van der Waals surface area (Å²) < 4.78 is 17.7. The molecule has 22 heavy (non-hydrogen) atoms. The molecule has 0 radical (unpaired) electrons. The van der Waals surface area contributed by atoms with Gasteiger partial charge in [0.15, 0.2) is 0 Å². The van der Waals surface area contributed by atoms with Crippen molar-refractivity contribution in [2.45, 2.75) is 63.9 Å². The number of ether oxygens (including phenoxy) is 1. The van der Waals surface area contributed by atoms with E-state index in [2.05, 4.69) is 12.2 Å². The number of hydrogen-bond acceptors (Lipinski definition) is 3. The lowest BCUT2D eigenvalue weighted by molar-refractivity contribution is -0.00280. The minimum atomic E-state index is -0.813. The first-order valence-corrected chi connectivity index (χ1v) is 9.92. The van der Waals surface area contributed by atoms with Gasteiger partial charge in [0.2, 0.25) is 0 Å². The van der Waals surface area contributed by atoms with Gasteiger partial charge in [0.1, 0.15) is 0 Å². The van der Waals surface area contributed by atoms with E-state index in [1.54, 1.807) is 4.90 Å². The van der Waals surface area contributed by atoms with Crippen molar-refractivity contribution in [2.75, 3.05) is 25.4 Å². The first-order valence-electron chi connectivity index (χ1n) is 8.54. The van der Waals surface area contributed by atoms with Crippen molar-refractivity contribution in [2.24, 2.45) is 5.92 Å². The number of amides is 2. The Morgan fingerprint density at radius 1 is 1.27 bits per heavy atom. The van der Waals surface area contributed by atoms with Crippen molar-refractivity contribution in [3.63, 3.8) is 0 Å². The van der Waals surface area contributed by atoms with Gasteiger partial charge in [-0.25, -0.2) is 4.79 Å². The molecule has 5 atom stereocenters. The molecule has 5 nitrogen and oxygen atoms in total. The highest BCUT2D eigenvalue weighted by Crippen LogP contribution is 2.26. The highest BCUT2D eigenvalue weighted by molar-refractivity contribution is 7.85. The van der Waals surface area contributed by atoms with Crippen molar-refractivity contribution in [1.29, 1.82) is 0 Å². The third kappa shape index (κ3) is 4.44. The van der Waals surface area contributed by atoms with Gasteiger partial charge in [-0.15, -0.1) is 0 Å². The van der Waals surface area contributed by atoms with Crippen LogP contribution in [0.2, 0.25) is 0 Å². The van der Waals surface area contributed by atoms with Crippen molar-refractivity contribution in [3.8, 4) is 0 Å². The Kier molecular flexibility index (Phi) is 6.68. The largest absolute Gasteiger partial charge is 0.376 e. The van der Waals surface area contributed by atoms with Crippen LogP contribution in [0.5, 0.6) is 0 Å². The van der Waals surface area contributed by atoms with E-state index < -0.39 is 10.8 Å². The zero-order valence-corrected chi connectivity index (χ0v) is 14.9. The maximum Gasteiger partial charge on any atom is 0.317 e. The summed E-state index contributed by atoms with van der Waals surface area (Å²) in [6.07, 6.45) is 5.30. The predicted octanol–water partition coefficient (Wildman–Crippen LogP) is 2.13. The number of hydrogen-bond donors (Lipinski definition) is 1. The molecule has 2 amide bonds. The Morgan fingerprint density at radius 3 is 2.73 bits per heavy atom. The van der Waals surface area contributed by atoms with E-state index in [0.717, 1.165) is 6.42 Å². The molecule has 0 aromatic heterocycles. The number of carbonyl (C=O) groups excluding carboxylic acids is 1. The fourth-order valence-electron chi connectivity index (χ4n) is 3.34. The molecule has 0 aromatic carbocycles. The Hall–Kier alpha value is -0.620. The van der Waals surface area contributed by atoms with Crippen LogP contribution >= 0.6 is 0 Å². The monoisotopic (exact) mass is 330 g/mol. The average Bonchev–Trinajstić information content (AvgIpc) is 2.50. The van der Waals surface area contributed by atoms with Crippen LogP contribution in [-0.2, 0) is 15.5 Å². The zero-order valence-electron chi connectivity index (χ0n) is 14.0. The smallest absolute Gasteiger partial charge is 0.317 e. The Balaban J connectivity index is 1.68. The summed E-state index contributed by atoms with van der Waals surface area (Å²) in [7, 11) is -0.813. The Bertz CT molecular complexity index is 405. The fraction of sp³-hybridized carbons (Fsp3) is 0.938. The third-order valence-corrected chi connectivity index (χ3v) is 6.93. The van der Waals surface area contributed by atoms with Crippen LogP contribution < -0.4 is 5.32 Å². The normalized spacial score (nSPS) is 36.1. The number of nitrogens with zero attached hydrogens (tertiary/aromatic N) is 1. The summed E-state index contributed by atoms with van der Waals surface area (Å²) >= 11 is 0. The molecule has 1 N–H and O–H groups in total. The highest BCUT2D eigenvalue weighted by Gasteiger charge is 2.32. The first-order chi connectivity index (χ1) is 10.5. The Labute approximate surface area is 136 Å². The molecule has 1 heterocycles. The van der Waals surface area contributed by atoms with E-state index in [9.17, 15) is 9.00 Å². The SMILES string of the molecule is C[C@@H]1CCCC[C@@H]1OCCNC(=O)N1CC[S@](=O)[C@H](C)[C@H]1C. The summed E-state index contributed by atoms with van der Waals surface area (Å²) in [6, 6.07) is -0.0368. The summed E-state index contributed by atoms with van der Waals surface area (Å²) in [4.78, 5) is 14.0. The predicted molar refractivity (Wildman–Crippen MR) is 89.4 cm³/mol. The lowest BCUT2D eigenvalue weighted by Gasteiger charge is -2.37. The van der Waals surface area contributed by atoms with Crippen molar-refractivity contribution in [1.82, 2.24) is 10.2 Å². The van der Waals surface area contributed by atoms with Crippen molar-refractivity contribution in [3.05, 3.63) is 0 Å². The maximum absolute atomic E-state index is 12.2. The van der Waals surface area contributed by atoms with Gasteiger partial charge in [-0.3, -0.25) is 4.21 Å². The number of nitrogens with one attached hydrogen (secondary N) is 1. The van der Waals surface area contributed by atoms with E-state index in [-0.39, 0.29) is 17.3 Å². The minimum absolute atomic E-state index is 0.0221. The molecule has 1 aliphatic heterocycles. The standard InChI is InChI=1S/C16H30N2O3S/c1-12-6-4-5-7-15(12)21-10-8-17-16(19)18-9-11-22(20)14(3)13(18)2/h12-15H,4-11H2,1-3H3,(H,17,19)/t12-,13-,14-,15+,22+/m1/s1. The minimum Gasteiger partial charge on any atom is -0.376 e. The molecule has 0 spiro atoms. The summed E-state index contributed by atoms with van der Waals surface area (Å²) in [6.45, 7) is 7.87. The molecule has 2 rings (SSSR count). The number of urea groups is 1. The topological polar surface area (TPSA) is 58.6 Å². The van der Waals surface area contributed by atoms with Gasteiger partial charge < -0.3 is 15.0 Å². The van der Waals surface area contributed by atoms with E-state index >= 15 is 0 Å². The van der Waals surface area contributed by atoms with E-state index in [1.807, 2.05) is 13.8 Å². The molecule has 1 saturated heterocycles. The van der Waals surface area contributed by atoms with Crippen LogP contribution in [-0.4, -0.2) is 58.0 Å². The number of rotatable bonds is 4. The molecule has 1 aliphatic carbocycles. The van der Waals surface area contributed by atoms with Gasteiger partial charge in [0.05, 0.1) is 18.0 Å². The lowest BCUT2D eigenvalue weighted by atomic mass is 9.88. The summed E-state index contributed by atoms with van der Waals surface area (Å²) in [5.41, 5.74) is 0. The van der Waals surface area contributed by atoms with Gasteiger partial charge in [-0.1, -0.05) is 19.8 Å². The Morgan fingerprint density at radius 2 is 2.00 bits per heavy atom. The maximum atomic E-state index is 12.2. The van der Waals surface area contributed by atoms with Crippen LogP contribution in [0.15, 0.2) is 0 Å². The van der Waals surface area contributed by atoms with Gasteiger partial charge in [-0.05, 0) is 32.6 Å². The molecular formula is C16H30N2O3S. The number of carbonyl (C=O) groups is 1. The van der Waals surface area contributed by atoms with Crippen LogP contribution in [0.25, 0.3) is 0 Å². The van der Waals surface area contributed by atoms with Crippen LogP contribution in [0.3, 0.4) is 0 Å². The lowest BCUT2D eigenvalue weighted by Crippen LogP contribution is -2.55. The average molecular weight is 330 g/mol. The van der Waals surface area contributed by atoms with Crippen LogP contribution in [0.1, 0.15) is 46.5 Å². The first kappa shape index (κ1) is 17.7. The van der Waals surface area contributed by atoms with Gasteiger partial charge in [0.25, 0.3) is 0 Å². The second kappa shape index (κ2) is 8.29. The van der Waals surface area contributed by atoms with Gasteiger partial charge in [0, 0.05) is 35.7 Å². The summed E-state index contributed by atoms with van der Waals surface area (Å²) in [5.74, 6) is 1.21. The van der Waals surface area contributed by atoms with Crippen LogP contribution in [0, 0.1) is 5.92 Å². The zero-order chi connectivity index (χ0) is 16.1. The highest BCUT2D eigenvalue weighted by atomic mass is 32.2. The van der Waals surface area contributed by atoms with E-state index in [1.165, 1.54) is 19.3 Å². The molecule has 0 bridgehead atoms. The van der Waals surface area contributed by atoms with E-state index in [4.69, 9.17) is 4.74 Å². The van der Waals surface area contributed by atoms with Crippen LogP contribution in [0.4, 0.5) is 4.79 Å². The molecule has 0 unspecified atom stereocenters. The van der Waals surface area contributed by atoms with E-state index in [0.29, 0.717) is 37.5 Å². The van der Waals surface area contributed by atoms with Crippen molar-refractivity contribution >= 4 is 16.8 Å². The molecular weight excluding hydrogens is 300 g/mol. The third-order valence-electron chi connectivity index (χ3n) is 5.12. The molecule has 128 valence electrons. The molecule has 0 aromatic rings. The molecule has 6 heteroatoms. The molecule has 1 saturated carbocycles. The second-order valence-corrected chi connectivity index (χ2v) is 8.54. The summed E-state index contributed by atoms with van der Waals surface area (Å²) in [5, 5.41) is 2.98. The van der Waals surface area contributed by atoms with Crippen molar-refractivity contribution < 1.29 is 13.7 Å². The molecule has 2 aliphatic rings. The second-order valence-electron chi connectivity index (χ2n) is 6.63.